The van der Waals surface area contributed by atoms with Gasteiger partial charge in [0.1, 0.15) is 22.0 Å². The standard InChI is InChI=1S/C16H19F3N2O3S/c1-21(2)15(9-22,14-20-6-7-25-14)12-8-11(4-5-13(12)23-3)24-10-16(17,18)19/h4-8,22H,9-10H2,1-3H3. The van der Waals surface area contributed by atoms with Gasteiger partial charge in [-0.05, 0) is 32.3 Å². The molecule has 25 heavy (non-hydrogen) atoms. The molecule has 0 aliphatic heterocycles. The Hall–Kier alpha value is -1.84. The molecule has 0 fully saturated rings. The van der Waals surface area contributed by atoms with E-state index in [1.807, 2.05) is 0 Å². The summed E-state index contributed by atoms with van der Waals surface area (Å²) >= 11 is 1.33. The number of halogens is 3. The number of rotatable bonds is 7. The van der Waals surface area contributed by atoms with Gasteiger partial charge < -0.3 is 14.6 Å². The molecule has 0 spiro atoms. The van der Waals surface area contributed by atoms with Gasteiger partial charge in [-0.15, -0.1) is 11.3 Å². The maximum atomic E-state index is 12.4. The molecule has 0 amide bonds. The van der Waals surface area contributed by atoms with Crippen molar-refractivity contribution in [2.45, 2.75) is 11.7 Å². The van der Waals surface area contributed by atoms with Crippen LogP contribution in [0.4, 0.5) is 13.2 Å². The summed E-state index contributed by atoms with van der Waals surface area (Å²) in [6, 6.07) is 4.36. The van der Waals surface area contributed by atoms with Crippen LogP contribution < -0.4 is 9.47 Å². The first kappa shape index (κ1) is 19.5. The van der Waals surface area contributed by atoms with Gasteiger partial charge in [-0.25, -0.2) is 4.98 Å². The van der Waals surface area contributed by atoms with Crippen molar-refractivity contribution < 1.29 is 27.8 Å². The number of methoxy groups -OCH3 is 1. The number of aromatic nitrogens is 1. The van der Waals surface area contributed by atoms with E-state index in [1.165, 1.54) is 36.6 Å². The molecule has 9 heteroatoms. The highest BCUT2D eigenvalue weighted by Gasteiger charge is 2.41. The van der Waals surface area contributed by atoms with Crippen molar-refractivity contribution >= 4 is 11.3 Å². The molecule has 0 aliphatic carbocycles. The molecule has 1 unspecified atom stereocenters. The van der Waals surface area contributed by atoms with E-state index >= 15 is 0 Å². The van der Waals surface area contributed by atoms with Crippen molar-refractivity contribution in [1.29, 1.82) is 0 Å². The summed E-state index contributed by atoms with van der Waals surface area (Å²) in [5.74, 6) is 0.446. The van der Waals surface area contributed by atoms with Gasteiger partial charge in [-0.3, -0.25) is 4.90 Å². The maximum absolute atomic E-state index is 12.4. The average molecular weight is 376 g/mol. The Bertz CT molecular complexity index is 692. The molecule has 1 aromatic carbocycles. The molecular formula is C16H19F3N2O3S. The molecular weight excluding hydrogens is 357 g/mol. The van der Waals surface area contributed by atoms with Crippen LogP contribution in [0.25, 0.3) is 0 Å². The average Bonchev–Trinajstić information content (AvgIpc) is 3.08. The first-order chi connectivity index (χ1) is 11.7. The monoisotopic (exact) mass is 376 g/mol. The maximum Gasteiger partial charge on any atom is 0.422 e. The van der Waals surface area contributed by atoms with Crippen LogP contribution in [0.2, 0.25) is 0 Å². The normalized spacial score (nSPS) is 14.4. The Kier molecular flexibility index (Phi) is 5.91. The number of hydrogen-bond acceptors (Lipinski definition) is 6. The minimum atomic E-state index is -4.44. The van der Waals surface area contributed by atoms with Gasteiger partial charge >= 0.3 is 6.18 Å². The fraction of sp³-hybridized carbons (Fsp3) is 0.438. The number of benzene rings is 1. The van der Waals surface area contributed by atoms with Crippen LogP contribution in [-0.4, -0.2) is 55.6 Å². The van der Waals surface area contributed by atoms with Crippen molar-refractivity contribution in [2.24, 2.45) is 0 Å². The molecule has 5 nitrogen and oxygen atoms in total. The van der Waals surface area contributed by atoms with Crippen molar-refractivity contribution in [3.8, 4) is 11.5 Å². The van der Waals surface area contributed by atoms with Gasteiger partial charge in [0.05, 0.1) is 13.7 Å². The van der Waals surface area contributed by atoms with Gasteiger partial charge in [0.15, 0.2) is 6.61 Å². The largest absolute Gasteiger partial charge is 0.496 e. The minimum absolute atomic E-state index is 0.0318. The molecule has 2 rings (SSSR count). The number of thiazole rings is 1. The fourth-order valence-electron chi connectivity index (χ4n) is 2.53. The van der Waals surface area contributed by atoms with Crippen LogP contribution in [0.5, 0.6) is 11.5 Å². The lowest BCUT2D eigenvalue weighted by molar-refractivity contribution is -0.153. The highest BCUT2D eigenvalue weighted by molar-refractivity contribution is 7.09. The smallest absolute Gasteiger partial charge is 0.422 e. The lowest BCUT2D eigenvalue weighted by Crippen LogP contribution is -2.46. The van der Waals surface area contributed by atoms with Crippen LogP contribution >= 0.6 is 11.3 Å². The van der Waals surface area contributed by atoms with E-state index in [-0.39, 0.29) is 12.4 Å². The van der Waals surface area contributed by atoms with Crippen molar-refractivity contribution in [3.05, 3.63) is 40.3 Å². The highest BCUT2D eigenvalue weighted by Crippen LogP contribution is 2.41. The first-order valence-electron chi connectivity index (χ1n) is 7.31. The van der Waals surface area contributed by atoms with E-state index in [0.29, 0.717) is 16.3 Å². The number of hydrogen-bond donors (Lipinski definition) is 1. The summed E-state index contributed by atoms with van der Waals surface area (Å²) in [5, 5.41) is 12.5. The van der Waals surface area contributed by atoms with Gasteiger partial charge in [-0.2, -0.15) is 13.2 Å². The third-order valence-corrected chi connectivity index (χ3v) is 4.72. The summed E-state index contributed by atoms with van der Waals surface area (Å²) < 4.78 is 47.5. The molecule has 1 heterocycles. The van der Waals surface area contributed by atoms with E-state index in [2.05, 4.69) is 4.98 Å². The second-order valence-corrected chi connectivity index (χ2v) is 6.41. The molecule has 0 radical (unpaired) electrons. The first-order valence-corrected chi connectivity index (χ1v) is 8.19. The third-order valence-electron chi connectivity index (χ3n) is 3.80. The Morgan fingerprint density at radius 3 is 2.48 bits per heavy atom. The minimum Gasteiger partial charge on any atom is -0.496 e. The molecule has 0 aliphatic rings. The molecule has 1 N–H and O–H groups in total. The van der Waals surface area contributed by atoms with Gasteiger partial charge in [0, 0.05) is 17.1 Å². The Morgan fingerprint density at radius 1 is 1.28 bits per heavy atom. The summed E-state index contributed by atoms with van der Waals surface area (Å²) in [4.78, 5) is 6.04. The summed E-state index contributed by atoms with van der Waals surface area (Å²) in [6.45, 7) is -1.74. The fourth-order valence-corrected chi connectivity index (χ4v) is 3.46. The number of nitrogens with zero attached hydrogens (tertiary/aromatic N) is 2. The Labute approximate surface area is 147 Å². The zero-order valence-corrected chi connectivity index (χ0v) is 14.8. The predicted molar refractivity (Wildman–Crippen MR) is 88.2 cm³/mol. The summed E-state index contributed by atoms with van der Waals surface area (Å²) in [7, 11) is 4.95. The number of alkyl halides is 3. The number of aliphatic hydroxyl groups is 1. The Morgan fingerprint density at radius 2 is 2.00 bits per heavy atom. The van der Waals surface area contributed by atoms with Gasteiger partial charge in [0.25, 0.3) is 0 Å². The van der Waals surface area contributed by atoms with Crippen LogP contribution in [0, 0.1) is 0 Å². The molecule has 2 aromatic rings. The lowest BCUT2D eigenvalue weighted by atomic mass is 9.88. The van der Waals surface area contributed by atoms with E-state index in [1.54, 1.807) is 30.6 Å². The molecule has 0 saturated heterocycles. The zero-order chi connectivity index (χ0) is 18.7. The zero-order valence-electron chi connectivity index (χ0n) is 14.0. The summed E-state index contributed by atoms with van der Waals surface area (Å²) in [5.41, 5.74) is -0.603. The van der Waals surface area contributed by atoms with Crippen LogP contribution in [0.1, 0.15) is 10.6 Å². The van der Waals surface area contributed by atoms with E-state index in [4.69, 9.17) is 9.47 Å². The SMILES string of the molecule is COc1ccc(OCC(F)(F)F)cc1C(CO)(c1nccs1)N(C)C. The van der Waals surface area contributed by atoms with Crippen LogP contribution in [-0.2, 0) is 5.54 Å². The van der Waals surface area contributed by atoms with Crippen LogP contribution in [0.3, 0.4) is 0 Å². The summed E-state index contributed by atoms with van der Waals surface area (Å²) in [6.07, 6.45) is -2.84. The third kappa shape index (κ3) is 4.05. The molecule has 138 valence electrons. The molecule has 1 aromatic heterocycles. The molecule has 1 atom stereocenters. The van der Waals surface area contributed by atoms with E-state index < -0.39 is 18.3 Å². The van der Waals surface area contributed by atoms with Crippen molar-refractivity contribution in [2.75, 3.05) is 34.4 Å². The topological polar surface area (TPSA) is 54.8 Å². The second-order valence-electron chi connectivity index (χ2n) is 5.52. The van der Waals surface area contributed by atoms with Gasteiger partial charge in [0.2, 0.25) is 0 Å². The van der Waals surface area contributed by atoms with Gasteiger partial charge in [-0.1, -0.05) is 0 Å². The molecule has 0 bridgehead atoms. The second kappa shape index (κ2) is 7.59. The number of ether oxygens (including phenoxy) is 2. The quantitative estimate of drug-likeness (QED) is 0.805. The number of aliphatic hydroxyl groups excluding tert-OH is 1. The predicted octanol–water partition coefficient (Wildman–Crippen LogP) is 2.89. The van der Waals surface area contributed by atoms with E-state index in [9.17, 15) is 18.3 Å². The van der Waals surface area contributed by atoms with E-state index in [0.717, 1.165) is 0 Å². The molecule has 0 saturated carbocycles. The lowest BCUT2D eigenvalue weighted by Gasteiger charge is -2.38. The van der Waals surface area contributed by atoms with Crippen LogP contribution in [0.15, 0.2) is 29.8 Å². The van der Waals surface area contributed by atoms with Crippen molar-refractivity contribution in [1.82, 2.24) is 9.88 Å². The highest BCUT2D eigenvalue weighted by atomic mass is 32.1. The Balaban J connectivity index is 2.56. The number of likely N-dealkylation sites (N-methyl/N-ethyl adjacent to an activating group) is 1. The van der Waals surface area contributed by atoms with Crippen molar-refractivity contribution in [3.63, 3.8) is 0 Å².